The molecule has 116 valence electrons. The average Bonchev–Trinajstić information content (AvgIpc) is 2.76. The number of hydrogen-bond donors (Lipinski definition) is 2. The number of ether oxygens (including phenoxy) is 1. The van der Waals surface area contributed by atoms with Crippen LogP contribution in [0.4, 0.5) is 13.2 Å². The van der Waals surface area contributed by atoms with Crippen molar-refractivity contribution in [2.45, 2.75) is 43.9 Å². The number of halogens is 3. The number of aliphatic hydroxyl groups is 1. The molecule has 7 heteroatoms. The van der Waals surface area contributed by atoms with Gasteiger partial charge in [0, 0.05) is 6.04 Å². The number of carbonyl (C=O) groups excluding carboxylic acids is 1. The summed E-state index contributed by atoms with van der Waals surface area (Å²) in [5.74, 6) is -1.98. The van der Waals surface area contributed by atoms with Gasteiger partial charge in [0.05, 0.1) is 18.8 Å². The van der Waals surface area contributed by atoms with E-state index in [1.807, 2.05) is 35.6 Å². The Kier molecular flexibility index (Phi) is 4.84. The topological polar surface area (TPSA) is 58.6 Å². The number of rotatable bonds is 4. The Morgan fingerprint density at radius 2 is 1.95 bits per heavy atom. The molecule has 4 nitrogen and oxygen atoms in total. The third kappa shape index (κ3) is 4.44. The molecule has 2 rings (SSSR count). The minimum absolute atomic E-state index is 0.0568. The van der Waals surface area contributed by atoms with Crippen molar-refractivity contribution in [3.8, 4) is 0 Å². The predicted octanol–water partition coefficient (Wildman–Crippen LogP) is 1.77. The van der Waals surface area contributed by atoms with E-state index in [1.165, 1.54) is 0 Å². The van der Waals surface area contributed by atoms with Gasteiger partial charge in [-0.1, -0.05) is 30.3 Å². The van der Waals surface area contributed by atoms with Crippen molar-refractivity contribution in [3.05, 3.63) is 35.9 Å². The maximum atomic E-state index is 12.2. The van der Waals surface area contributed by atoms with Crippen LogP contribution in [0.1, 0.15) is 18.4 Å². The zero-order valence-electron chi connectivity index (χ0n) is 11.1. The quantitative estimate of drug-likeness (QED) is 0.891. The third-order valence-corrected chi connectivity index (χ3v) is 3.37. The summed E-state index contributed by atoms with van der Waals surface area (Å²) >= 11 is 0. The second kappa shape index (κ2) is 6.44. The Morgan fingerprint density at radius 3 is 2.57 bits per heavy atom. The molecule has 1 aliphatic carbocycles. The first-order valence-electron chi connectivity index (χ1n) is 6.57. The Hall–Kier alpha value is -1.60. The molecule has 3 atom stereocenters. The number of benzene rings is 1. The molecule has 1 aliphatic rings. The highest BCUT2D eigenvalue weighted by molar-refractivity contribution is 5.81. The van der Waals surface area contributed by atoms with E-state index >= 15 is 0 Å². The van der Waals surface area contributed by atoms with Crippen molar-refractivity contribution in [1.82, 2.24) is 5.32 Å². The molecule has 0 saturated heterocycles. The number of nitrogens with one attached hydrogen (secondary N) is 1. The van der Waals surface area contributed by atoms with Gasteiger partial charge in [-0.3, -0.25) is 4.79 Å². The number of hydrogen-bond acceptors (Lipinski definition) is 3. The fraction of sp³-hybridized carbons (Fsp3) is 0.500. The van der Waals surface area contributed by atoms with Crippen molar-refractivity contribution in [2.75, 3.05) is 0 Å². The lowest BCUT2D eigenvalue weighted by Gasteiger charge is -2.16. The van der Waals surface area contributed by atoms with Crippen LogP contribution in [0, 0.1) is 0 Å². The summed E-state index contributed by atoms with van der Waals surface area (Å²) in [4.78, 5) is 10.9. The maximum absolute atomic E-state index is 12.2. The summed E-state index contributed by atoms with van der Waals surface area (Å²) < 4.78 is 42.0. The lowest BCUT2D eigenvalue weighted by atomic mass is 10.2. The van der Waals surface area contributed by atoms with Crippen LogP contribution < -0.4 is 5.32 Å². The van der Waals surface area contributed by atoms with E-state index < -0.39 is 30.3 Å². The van der Waals surface area contributed by atoms with Gasteiger partial charge >= 0.3 is 12.1 Å². The smallest absolute Gasteiger partial charge is 0.390 e. The van der Waals surface area contributed by atoms with Gasteiger partial charge in [-0.15, -0.1) is 0 Å². The molecule has 1 saturated carbocycles. The number of amides is 1. The third-order valence-electron chi connectivity index (χ3n) is 3.37. The van der Waals surface area contributed by atoms with Crippen molar-refractivity contribution >= 4 is 5.91 Å². The molecule has 2 N–H and O–H groups in total. The molecule has 1 aromatic rings. The SMILES string of the molecule is O=C(N[C@H]1C[C@H](OCc2ccccc2)[C@@H](O)C1)C(F)(F)F. The molecule has 0 radical (unpaired) electrons. The monoisotopic (exact) mass is 303 g/mol. The van der Waals surface area contributed by atoms with E-state index in [4.69, 9.17) is 4.74 Å². The molecular weight excluding hydrogens is 287 g/mol. The first-order valence-corrected chi connectivity index (χ1v) is 6.57. The minimum atomic E-state index is -4.91. The van der Waals surface area contributed by atoms with Gasteiger partial charge in [0.1, 0.15) is 0 Å². The summed E-state index contributed by atoms with van der Waals surface area (Å²) in [6, 6.07) is 8.52. The molecule has 0 spiro atoms. The summed E-state index contributed by atoms with van der Waals surface area (Å²) in [6.45, 7) is 0.266. The van der Waals surface area contributed by atoms with Crippen LogP contribution in [0.25, 0.3) is 0 Å². The Morgan fingerprint density at radius 1 is 1.29 bits per heavy atom. The van der Waals surface area contributed by atoms with Crippen LogP contribution in [0.2, 0.25) is 0 Å². The van der Waals surface area contributed by atoms with Crippen LogP contribution in [-0.2, 0) is 16.1 Å². The fourth-order valence-electron chi connectivity index (χ4n) is 2.32. The molecule has 0 aliphatic heterocycles. The average molecular weight is 303 g/mol. The Bertz CT molecular complexity index is 478. The Labute approximate surface area is 119 Å². The molecule has 1 aromatic carbocycles. The van der Waals surface area contributed by atoms with Gasteiger partial charge in [0.25, 0.3) is 0 Å². The predicted molar refractivity (Wildman–Crippen MR) is 68.2 cm³/mol. The van der Waals surface area contributed by atoms with E-state index in [0.717, 1.165) is 5.56 Å². The first kappa shape index (κ1) is 15.8. The molecule has 1 amide bonds. The van der Waals surface area contributed by atoms with Gasteiger partial charge in [-0.25, -0.2) is 0 Å². The van der Waals surface area contributed by atoms with Gasteiger partial charge < -0.3 is 15.2 Å². The lowest BCUT2D eigenvalue weighted by Crippen LogP contribution is -2.42. The van der Waals surface area contributed by atoms with Crippen LogP contribution in [-0.4, -0.2) is 35.4 Å². The lowest BCUT2D eigenvalue weighted by molar-refractivity contribution is -0.174. The van der Waals surface area contributed by atoms with Crippen LogP contribution in [0.15, 0.2) is 30.3 Å². The van der Waals surface area contributed by atoms with Gasteiger partial charge in [-0.05, 0) is 18.4 Å². The minimum Gasteiger partial charge on any atom is -0.390 e. The van der Waals surface area contributed by atoms with Crippen molar-refractivity contribution in [3.63, 3.8) is 0 Å². The normalized spacial score (nSPS) is 25.8. The highest BCUT2D eigenvalue weighted by Gasteiger charge is 2.42. The number of aliphatic hydroxyl groups excluding tert-OH is 1. The standard InChI is InChI=1S/C14H16F3NO3/c15-14(16,17)13(20)18-10-6-11(19)12(7-10)21-8-9-4-2-1-3-5-9/h1-5,10-12,19H,6-8H2,(H,18,20)/t10-,11+,12+/m1/s1. The fourth-order valence-corrected chi connectivity index (χ4v) is 2.32. The molecule has 1 fully saturated rings. The number of carbonyl (C=O) groups is 1. The van der Waals surface area contributed by atoms with Crippen LogP contribution >= 0.6 is 0 Å². The van der Waals surface area contributed by atoms with E-state index in [-0.39, 0.29) is 19.4 Å². The van der Waals surface area contributed by atoms with E-state index in [1.54, 1.807) is 0 Å². The molecule has 0 bridgehead atoms. The maximum Gasteiger partial charge on any atom is 0.471 e. The number of alkyl halides is 3. The zero-order chi connectivity index (χ0) is 15.5. The van der Waals surface area contributed by atoms with Gasteiger partial charge in [-0.2, -0.15) is 13.2 Å². The molecular formula is C14H16F3NO3. The van der Waals surface area contributed by atoms with Crippen LogP contribution in [0.5, 0.6) is 0 Å². The Balaban J connectivity index is 1.82. The van der Waals surface area contributed by atoms with Gasteiger partial charge in [0.15, 0.2) is 0 Å². The van der Waals surface area contributed by atoms with Crippen LogP contribution in [0.3, 0.4) is 0 Å². The van der Waals surface area contributed by atoms with E-state index in [9.17, 15) is 23.1 Å². The largest absolute Gasteiger partial charge is 0.471 e. The second-order valence-corrected chi connectivity index (χ2v) is 5.04. The molecule has 0 aromatic heterocycles. The summed E-state index contributed by atoms with van der Waals surface area (Å²) in [7, 11) is 0. The molecule has 0 heterocycles. The van der Waals surface area contributed by atoms with Gasteiger partial charge in [0.2, 0.25) is 0 Å². The van der Waals surface area contributed by atoms with Crippen molar-refractivity contribution in [2.24, 2.45) is 0 Å². The molecule has 21 heavy (non-hydrogen) atoms. The summed E-state index contributed by atoms with van der Waals surface area (Å²) in [6.07, 6.45) is -6.15. The van der Waals surface area contributed by atoms with Crippen molar-refractivity contribution in [1.29, 1.82) is 0 Å². The highest BCUT2D eigenvalue weighted by atomic mass is 19.4. The zero-order valence-corrected chi connectivity index (χ0v) is 11.1. The van der Waals surface area contributed by atoms with E-state index in [2.05, 4.69) is 0 Å². The highest BCUT2D eigenvalue weighted by Crippen LogP contribution is 2.25. The van der Waals surface area contributed by atoms with Crippen molar-refractivity contribution < 1.29 is 27.8 Å². The van der Waals surface area contributed by atoms with E-state index in [0.29, 0.717) is 0 Å². The summed E-state index contributed by atoms with van der Waals surface area (Å²) in [5.41, 5.74) is 0.910. The second-order valence-electron chi connectivity index (χ2n) is 5.04. The first-order chi connectivity index (χ1) is 9.86. The molecule has 0 unspecified atom stereocenters. The summed E-state index contributed by atoms with van der Waals surface area (Å²) in [5, 5.41) is 11.7.